The van der Waals surface area contributed by atoms with Crippen molar-refractivity contribution in [2.45, 2.75) is 37.4 Å². The molecule has 1 saturated heterocycles. The highest BCUT2D eigenvalue weighted by atomic mass is 32.2. The molecule has 1 aromatic carbocycles. The highest BCUT2D eigenvalue weighted by Crippen LogP contribution is 2.50. The van der Waals surface area contributed by atoms with Gasteiger partial charge in [0.2, 0.25) is 0 Å². The molecule has 2 aromatic rings. The SMILES string of the molecule is O=C(NNC(=O)c1ccccn1)c1ccc2c(c1)C[C@H]1CC[C@@H](C2)[C@]12CN(CC(F)(F)F)S(=O)(=O)N2. The van der Waals surface area contributed by atoms with Crippen LogP contribution in [0.3, 0.4) is 0 Å². The Balaban J connectivity index is 1.33. The largest absolute Gasteiger partial charge is 0.402 e. The normalized spacial score (nSPS) is 26.9. The van der Waals surface area contributed by atoms with Gasteiger partial charge in [-0.1, -0.05) is 12.1 Å². The summed E-state index contributed by atoms with van der Waals surface area (Å²) in [4.78, 5) is 28.7. The number of hydrogen-bond acceptors (Lipinski definition) is 5. The predicted molar refractivity (Wildman–Crippen MR) is 122 cm³/mol. The van der Waals surface area contributed by atoms with Crippen LogP contribution in [0.5, 0.6) is 0 Å². The van der Waals surface area contributed by atoms with Crippen molar-refractivity contribution in [1.82, 2.24) is 24.9 Å². The molecule has 5 rings (SSSR count). The first-order valence-electron chi connectivity index (χ1n) is 11.5. The highest BCUT2D eigenvalue weighted by Gasteiger charge is 2.60. The molecule has 0 unspecified atom stereocenters. The van der Waals surface area contributed by atoms with Crippen LogP contribution in [0.4, 0.5) is 13.2 Å². The van der Waals surface area contributed by atoms with Gasteiger partial charge < -0.3 is 0 Å². The third kappa shape index (κ3) is 4.58. The average Bonchev–Trinajstić information content (AvgIpc) is 3.20. The van der Waals surface area contributed by atoms with E-state index in [1.165, 1.54) is 12.3 Å². The van der Waals surface area contributed by atoms with Crippen LogP contribution >= 0.6 is 0 Å². The zero-order chi connectivity index (χ0) is 25.7. The molecule has 0 radical (unpaired) electrons. The van der Waals surface area contributed by atoms with E-state index in [0.29, 0.717) is 35.6 Å². The number of hydrazine groups is 1. The van der Waals surface area contributed by atoms with E-state index in [1.807, 2.05) is 0 Å². The minimum atomic E-state index is -4.64. The van der Waals surface area contributed by atoms with E-state index in [0.717, 1.165) is 11.1 Å². The van der Waals surface area contributed by atoms with Crippen LogP contribution in [0.25, 0.3) is 0 Å². The lowest BCUT2D eigenvalue weighted by atomic mass is 9.79. The van der Waals surface area contributed by atoms with Crippen molar-refractivity contribution in [3.8, 4) is 0 Å². The number of fused-ring (bicyclic) bond motifs is 1. The molecule has 3 N–H and O–H groups in total. The number of alkyl halides is 3. The first-order valence-corrected chi connectivity index (χ1v) is 12.9. The Hall–Kier alpha value is -3.03. The number of amides is 2. The number of nitrogens with zero attached hydrogens (tertiary/aromatic N) is 2. The zero-order valence-corrected chi connectivity index (χ0v) is 19.8. The van der Waals surface area contributed by atoms with Crippen molar-refractivity contribution >= 4 is 22.0 Å². The summed E-state index contributed by atoms with van der Waals surface area (Å²) >= 11 is 0. The quantitative estimate of drug-likeness (QED) is 0.530. The number of carbonyl (C=O) groups is 2. The van der Waals surface area contributed by atoms with Crippen molar-refractivity contribution in [1.29, 1.82) is 0 Å². The van der Waals surface area contributed by atoms with Crippen molar-refractivity contribution in [3.63, 3.8) is 0 Å². The molecule has 1 aromatic heterocycles. The second-order valence-electron chi connectivity index (χ2n) is 9.52. The van der Waals surface area contributed by atoms with Gasteiger partial charge in [-0.05, 0) is 72.9 Å². The molecule has 2 fully saturated rings. The van der Waals surface area contributed by atoms with Crippen LogP contribution in [0.2, 0.25) is 0 Å². The first kappa shape index (κ1) is 24.7. The summed E-state index contributed by atoms with van der Waals surface area (Å²) in [5, 5.41) is 0. The smallest absolute Gasteiger partial charge is 0.267 e. The zero-order valence-electron chi connectivity index (χ0n) is 19.0. The Morgan fingerprint density at radius 3 is 2.42 bits per heavy atom. The fourth-order valence-electron chi connectivity index (χ4n) is 5.73. The predicted octanol–water partition coefficient (Wildman–Crippen LogP) is 1.73. The van der Waals surface area contributed by atoms with Gasteiger partial charge in [0.15, 0.2) is 0 Å². The van der Waals surface area contributed by atoms with Gasteiger partial charge in [0, 0.05) is 18.3 Å². The molecule has 1 spiro atoms. The number of nitrogens with one attached hydrogen (secondary N) is 3. The number of carbonyl (C=O) groups excluding carboxylic acids is 2. The van der Waals surface area contributed by atoms with E-state index in [9.17, 15) is 31.2 Å². The summed E-state index contributed by atoms with van der Waals surface area (Å²) in [6, 6.07) is 9.90. The minimum Gasteiger partial charge on any atom is -0.267 e. The third-order valence-electron chi connectivity index (χ3n) is 7.36. The Morgan fingerprint density at radius 2 is 1.75 bits per heavy atom. The number of rotatable bonds is 3. The van der Waals surface area contributed by atoms with Crippen molar-refractivity contribution in [3.05, 3.63) is 65.0 Å². The average molecular weight is 524 g/mol. The lowest BCUT2D eigenvalue weighted by Crippen LogP contribution is -2.52. The van der Waals surface area contributed by atoms with Gasteiger partial charge in [0.05, 0.1) is 5.54 Å². The van der Waals surface area contributed by atoms with Crippen LogP contribution in [0.1, 0.15) is 44.8 Å². The summed E-state index contributed by atoms with van der Waals surface area (Å²) in [7, 11) is -4.26. The van der Waals surface area contributed by atoms with Gasteiger partial charge in [-0.3, -0.25) is 25.4 Å². The lowest BCUT2D eigenvalue weighted by Gasteiger charge is -2.33. The molecule has 2 aliphatic carbocycles. The van der Waals surface area contributed by atoms with E-state index >= 15 is 0 Å². The van der Waals surface area contributed by atoms with E-state index in [-0.39, 0.29) is 24.1 Å². The Labute approximate surface area is 205 Å². The van der Waals surface area contributed by atoms with Gasteiger partial charge in [0.1, 0.15) is 12.2 Å². The van der Waals surface area contributed by atoms with Crippen LogP contribution < -0.4 is 15.6 Å². The number of halogens is 3. The van der Waals surface area contributed by atoms with Crippen LogP contribution in [0.15, 0.2) is 42.6 Å². The molecule has 2 heterocycles. The number of aromatic nitrogens is 1. The molecule has 2 bridgehead atoms. The van der Waals surface area contributed by atoms with Crippen molar-refractivity contribution in [2.24, 2.45) is 11.8 Å². The summed E-state index contributed by atoms with van der Waals surface area (Å²) in [6.45, 7) is -1.75. The highest BCUT2D eigenvalue weighted by molar-refractivity contribution is 7.87. The fraction of sp³-hybridized carbons (Fsp3) is 0.435. The number of hydrogen-bond donors (Lipinski definition) is 3. The fourth-order valence-corrected chi connectivity index (χ4v) is 7.44. The molecule has 192 valence electrons. The molecule has 36 heavy (non-hydrogen) atoms. The van der Waals surface area contributed by atoms with Crippen LogP contribution in [-0.4, -0.2) is 54.3 Å². The summed E-state index contributed by atoms with van der Waals surface area (Å²) in [6.07, 6.45) is -0.892. The van der Waals surface area contributed by atoms with Gasteiger partial charge in [-0.2, -0.15) is 30.6 Å². The Bertz CT molecular complexity index is 1300. The second-order valence-corrected chi connectivity index (χ2v) is 11.2. The molecular weight excluding hydrogens is 499 g/mol. The molecule has 13 heteroatoms. The van der Waals surface area contributed by atoms with Gasteiger partial charge >= 0.3 is 6.18 Å². The molecule has 1 aliphatic heterocycles. The maximum absolute atomic E-state index is 13.0. The summed E-state index contributed by atoms with van der Waals surface area (Å²) in [5.74, 6) is -1.48. The molecule has 1 saturated carbocycles. The summed E-state index contributed by atoms with van der Waals surface area (Å²) < 4.78 is 67.4. The molecule has 3 atom stereocenters. The van der Waals surface area contributed by atoms with Gasteiger partial charge in [-0.25, -0.2) is 0 Å². The van der Waals surface area contributed by atoms with Gasteiger partial charge in [0.25, 0.3) is 22.0 Å². The van der Waals surface area contributed by atoms with E-state index < -0.39 is 40.3 Å². The Morgan fingerprint density at radius 1 is 1.06 bits per heavy atom. The standard InChI is InChI=1S/C23H24F3N5O4S/c24-23(25,26)13-31-12-22(30-36(31,34)35)17-6-7-18(22)11-16-9-15(5-4-14(16)10-17)20(32)28-29-21(33)19-3-1-2-8-27-19/h1-5,8-9,17-18,30H,6-7,10-13H2,(H,28,32)(H,29,33)/t17-,18+,22+/m0/s1. The van der Waals surface area contributed by atoms with Crippen molar-refractivity contribution in [2.75, 3.05) is 13.1 Å². The molecule has 9 nitrogen and oxygen atoms in total. The lowest BCUT2D eigenvalue weighted by molar-refractivity contribution is -0.136. The summed E-state index contributed by atoms with van der Waals surface area (Å²) in [5.41, 5.74) is 5.90. The molecule has 2 amide bonds. The maximum atomic E-state index is 13.0. The van der Waals surface area contributed by atoms with Crippen molar-refractivity contribution < 1.29 is 31.2 Å². The second kappa shape index (κ2) is 8.82. The maximum Gasteiger partial charge on any atom is 0.402 e. The van der Waals surface area contributed by atoms with Crippen LogP contribution in [0, 0.1) is 11.8 Å². The first-order chi connectivity index (χ1) is 17.0. The molecule has 3 aliphatic rings. The minimum absolute atomic E-state index is 0.139. The van der Waals surface area contributed by atoms with E-state index in [2.05, 4.69) is 20.6 Å². The van der Waals surface area contributed by atoms with E-state index in [1.54, 1.807) is 30.3 Å². The van der Waals surface area contributed by atoms with Crippen LogP contribution in [-0.2, 0) is 23.1 Å². The topological polar surface area (TPSA) is 120 Å². The monoisotopic (exact) mass is 523 g/mol. The molecular formula is C23H24F3N5O4S. The van der Waals surface area contributed by atoms with Gasteiger partial charge in [-0.15, -0.1) is 0 Å². The third-order valence-corrected chi connectivity index (χ3v) is 8.94. The van der Waals surface area contributed by atoms with E-state index in [4.69, 9.17) is 0 Å². The number of benzene rings is 1. The number of pyridine rings is 1. The Kier molecular flexibility index (Phi) is 6.04.